The molecule has 0 aromatic rings. The third-order valence-corrected chi connectivity index (χ3v) is 2.83. The highest BCUT2D eigenvalue weighted by molar-refractivity contribution is 5.80. The van der Waals surface area contributed by atoms with Crippen molar-refractivity contribution in [2.45, 2.75) is 32.8 Å². The van der Waals surface area contributed by atoms with E-state index in [2.05, 4.69) is 19.2 Å². The topological polar surface area (TPSA) is 47.6 Å². The van der Waals surface area contributed by atoms with Gasteiger partial charge in [0.15, 0.2) is 6.10 Å². The van der Waals surface area contributed by atoms with Gasteiger partial charge >= 0.3 is 0 Å². The third kappa shape index (κ3) is 4.18. The van der Waals surface area contributed by atoms with E-state index >= 15 is 0 Å². The number of hydrogen-bond donors (Lipinski definition) is 1. The molecule has 0 aromatic heterocycles. The molecule has 1 amide bonds. The fraction of sp³-hybridized carbons (Fsp3) is 0.909. The normalized spacial score (nSPS) is 21.7. The maximum Gasteiger partial charge on any atom is 0.251 e. The number of amides is 1. The Bertz CT molecular complexity index is 186. The lowest BCUT2D eigenvalue weighted by molar-refractivity contribution is -0.147. The van der Waals surface area contributed by atoms with E-state index in [4.69, 9.17) is 9.47 Å². The summed E-state index contributed by atoms with van der Waals surface area (Å²) < 4.78 is 10.5. The van der Waals surface area contributed by atoms with Crippen molar-refractivity contribution in [2.75, 3.05) is 26.4 Å². The molecule has 4 heteroatoms. The zero-order chi connectivity index (χ0) is 11.1. The summed E-state index contributed by atoms with van der Waals surface area (Å²) in [7, 11) is 0. The van der Waals surface area contributed by atoms with Crippen LogP contribution in [0.2, 0.25) is 0 Å². The first-order chi connectivity index (χ1) is 7.27. The Kier molecular flexibility index (Phi) is 5.65. The van der Waals surface area contributed by atoms with Gasteiger partial charge in [-0.3, -0.25) is 4.79 Å². The third-order valence-electron chi connectivity index (χ3n) is 2.83. The number of carbonyl (C=O) groups excluding carboxylic acids is 1. The molecule has 4 nitrogen and oxygen atoms in total. The predicted molar refractivity (Wildman–Crippen MR) is 57.6 cm³/mol. The smallest absolute Gasteiger partial charge is 0.251 e. The quantitative estimate of drug-likeness (QED) is 0.743. The first kappa shape index (κ1) is 12.5. The highest BCUT2D eigenvalue weighted by Gasteiger charge is 2.22. The maximum absolute atomic E-state index is 11.6. The zero-order valence-electron chi connectivity index (χ0n) is 9.62. The Labute approximate surface area is 91.3 Å². The molecule has 15 heavy (non-hydrogen) atoms. The average Bonchev–Trinajstić information content (AvgIpc) is 2.31. The summed E-state index contributed by atoms with van der Waals surface area (Å²) in [5, 5.41) is 2.91. The molecule has 1 fully saturated rings. The van der Waals surface area contributed by atoms with Crippen LogP contribution in [0.4, 0.5) is 0 Å². The van der Waals surface area contributed by atoms with Crippen molar-refractivity contribution >= 4 is 5.91 Å². The Morgan fingerprint density at radius 3 is 2.67 bits per heavy atom. The molecular weight excluding hydrogens is 194 g/mol. The number of rotatable bonds is 5. The number of hydrogen-bond acceptors (Lipinski definition) is 3. The van der Waals surface area contributed by atoms with Crippen LogP contribution in [0.1, 0.15) is 26.7 Å². The van der Waals surface area contributed by atoms with Gasteiger partial charge in [-0.1, -0.05) is 26.7 Å². The first-order valence-electron chi connectivity index (χ1n) is 5.75. The molecule has 88 valence electrons. The van der Waals surface area contributed by atoms with Gasteiger partial charge in [0, 0.05) is 6.54 Å². The van der Waals surface area contributed by atoms with Gasteiger partial charge in [-0.05, 0) is 5.92 Å². The molecule has 0 aliphatic carbocycles. The van der Waals surface area contributed by atoms with Gasteiger partial charge in [0.05, 0.1) is 19.8 Å². The molecule has 1 saturated heterocycles. The number of carbonyl (C=O) groups is 1. The molecule has 1 unspecified atom stereocenters. The molecule has 1 aliphatic heterocycles. The largest absolute Gasteiger partial charge is 0.376 e. The van der Waals surface area contributed by atoms with Crippen molar-refractivity contribution in [3.8, 4) is 0 Å². The Balaban J connectivity index is 2.22. The fourth-order valence-electron chi connectivity index (χ4n) is 1.58. The summed E-state index contributed by atoms with van der Waals surface area (Å²) in [4.78, 5) is 11.6. The number of nitrogens with one attached hydrogen (secondary N) is 1. The second-order valence-electron chi connectivity index (χ2n) is 3.86. The molecule has 1 rings (SSSR count). The van der Waals surface area contributed by atoms with Gasteiger partial charge in [0.2, 0.25) is 0 Å². The minimum Gasteiger partial charge on any atom is -0.376 e. The van der Waals surface area contributed by atoms with Crippen molar-refractivity contribution in [1.82, 2.24) is 5.32 Å². The summed E-state index contributed by atoms with van der Waals surface area (Å²) in [6.45, 7) is 6.51. The molecule has 0 spiro atoms. The van der Waals surface area contributed by atoms with Gasteiger partial charge in [-0.2, -0.15) is 0 Å². The summed E-state index contributed by atoms with van der Waals surface area (Å²) in [6.07, 6.45) is 1.78. The van der Waals surface area contributed by atoms with Crippen LogP contribution in [0.5, 0.6) is 0 Å². The van der Waals surface area contributed by atoms with Crippen molar-refractivity contribution in [3.63, 3.8) is 0 Å². The van der Waals surface area contributed by atoms with E-state index in [9.17, 15) is 4.79 Å². The lowest BCUT2D eigenvalue weighted by Gasteiger charge is -2.23. The van der Waals surface area contributed by atoms with Crippen LogP contribution < -0.4 is 5.32 Å². The minimum atomic E-state index is -0.409. The van der Waals surface area contributed by atoms with E-state index in [-0.39, 0.29) is 5.91 Å². The van der Waals surface area contributed by atoms with Crippen molar-refractivity contribution in [2.24, 2.45) is 5.92 Å². The monoisotopic (exact) mass is 215 g/mol. The van der Waals surface area contributed by atoms with Gasteiger partial charge in [0.1, 0.15) is 0 Å². The Hall–Kier alpha value is -0.610. The van der Waals surface area contributed by atoms with E-state index in [1.807, 2.05) is 0 Å². The van der Waals surface area contributed by atoms with Crippen molar-refractivity contribution in [1.29, 1.82) is 0 Å². The van der Waals surface area contributed by atoms with Crippen LogP contribution in [-0.4, -0.2) is 38.4 Å². The summed E-state index contributed by atoms with van der Waals surface area (Å²) in [5.74, 6) is 0.528. The van der Waals surface area contributed by atoms with Crippen molar-refractivity contribution < 1.29 is 14.3 Å². The highest BCUT2D eigenvalue weighted by Crippen LogP contribution is 2.06. The summed E-state index contributed by atoms with van der Waals surface area (Å²) in [5.41, 5.74) is 0. The molecule has 0 radical (unpaired) electrons. The lowest BCUT2D eigenvalue weighted by atomic mass is 10.0. The van der Waals surface area contributed by atoms with E-state index in [0.29, 0.717) is 25.7 Å². The standard InChI is InChI=1S/C11H21NO3/c1-3-9(4-2)7-12-11(13)10-8-14-5-6-15-10/h9-10H,3-8H2,1-2H3,(H,12,13). The fourth-order valence-corrected chi connectivity index (χ4v) is 1.58. The molecule has 1 N–H and O–H groups in total. The number of ether oxygens (including phenoxy) is 2. The average molecular weight is 215 g/mol. The maximum atomic E-state index is 11.6. The molecule has 0 aromatic carbocycles. The van der Waals surface area contributed by atoms with E-state index < -0.39 is 6.10 Å². The van der Waals surface area contributed by atoms with Crippen LogP contribution in [0.3, 0.4) is 0 Å². The first-order valence-corrected chi connectivity index (χ1v) is 5.75. The van der Waals surface area contributed by atoms with Crippen LogP contribution in [0.15, 0.2) is 0 Å². The Morgan fingerprint density at radius 2 is 2.13 bits per heavy atom. The van der Waals surface area contributed by atoms with Gasteiger partial charge in [-0.25, -0.2) is 0 Å². The molecule has 1 aliphatic rings. The van der Waals surface area contributed by atoms with Crippen LogP contribution in [0.25, 0.3) is 0 Å². The van der Waals surface area contributed by atoms with Gasteiger partial charge in [0.25, 0.3) is 5.91 Å². The predicted octanol–water partition coefficient (Wildman–Crippen LogP) is 0.954. The van der Waals surface area contributed by atoms with Crippen LogP contribution >= 0.6 is 0 Å². The Morgan fingerprint density at radius 1 is 1.40 bits per heavy atom. The molecule has 1 atom stereocenters. The van der Waals surface area contributed by atoms with E-state index in [1.165, 1.54) is 0 Å². The van der Waals surface area contributed by atoms with Gasteiger partial charge < -0.3 is 14.8 Å². The van der Waals surface area contributed by atoms with Crippen molar-refractivity contribution in [3.05, 3.63) is 0 Å². The lowest BCUT2D eigenvalue weighted by Crippen LogP contribution is -2.44. The molecule has 1 heterocycles. The summed E-state index contributed by atoms with van der Waals surface area (Å²) >= 11 is 0. The van der Waals surface area contributed by atoms with Crippen LogP contribution in [-0.2, 0) is 14.3 Å². The second kappa shape index (κ2) is 6.80. The highest BCUT2D eigenvalue weighted by atomic mass is 16.6. The van der Waals surface area contributed by atoms with E-state index in [1.54, 1.807) is 0 Å². The zero-order valence-corrected chi connectivity index (χ0v) is 9.62. The molecule has 0 saturated carbocycles. The summed E-state index contributed by atoms with van der Waals surface area (Å²) in [6, 6.07) is 0. The minimum absolute atomic E-state index is 0.0402. The van der Waals surface area contributed by atoms with Gasteiger partial charge in [-0.15, -0.1) is 0 Å². The molecular formula is C11H21NO3. The second-order valence-corrected chi connectivity index (χ2v) is 3.86. The van der Waals surface area contributed by atoms with Crippen LogP contribution in [0, 0.1) is 5.92 Å². The SMILES string of the molecule is CCC(CC)CNC(=O)C1COCCO1. The van der Waals surface area contributed by atoms with E-state index in [0.717, 1.165) is 19.4 Å². The molecule has 0 bridgehead atoms.